The molecule has 0 saturated heterocycles. The van der Waals surface area contributed by atoms with Gasteiger partial charge >= 0.3 is 6.18 Å². The number of hydrogen-bond donors (Lipinski definition) is 0. The average Bonchev–Trinajstić information content (AvgIpc) is 3.73. The lowest BCUT2D eigenvalue weighted by Crippen LogP contribution is -2.47. The van der Waals surface area contributed by atoms with Crippen molar-refractivity contribution in [3.05, 3.63) is 107 Å². The standard InChI is InChI=1S/C32H28F3N3O4/c1-41-23-15-16-28(42-2)24(18-23)30-27-8-5-17-36(27)25-6-3-4-7-26(25)38(30)29(39)19-37(22-13-14-22)31(40)20-9-11-21(12-10-20)32(33,34)35/h3-12,15-18,22,30H,13-14,19H2,1-2H3. The molecule has 6 rings (SSSR count). The summed E-state index contributed by atoms with van der Waals surface area (Å²) in [7, 11) is 3.12. The summed E-state index contributed by atoms with van der Waals surface area (Å²) in [6.07, 6.45) is -1.15. The Morgan fingerprint density at radius 2 is 1.62 bits per heavy atom. The lowest BCUT2D eigenvalue weighted by molar-refractivity contribution is -0.137. The molecular formula is C32H28F3N3O4. The normalized spacial score (nSPS) is 15.9. The van der Waals surface area contributed by atoms with E-state index in [9.17, 15) is 22.8 Å². The first-order valence-corrected chi connectivity index (χ1v) is 13.5. The summed E-state index contributed by atoms with van der Waals surface area (Å²) < 4.78 is 52.6. The molecule has 1 atom stereocenters. The van der Waals surface area contributed by atoms with Crippen LogP contribution >= 0.6 is 0 Å². The Bertz CT molecular complexity index is 1640. The van der Waals surface area contributed by atoms with Crippen molar-refractivity contribution in [1.29, 1.82) is 0 Å². The zero-order chi connectivity index (χ0) is 29.6. The number of fused-ring (bicyclic) bond motifs is 3. The number of carbonyl (C=O) groups excluding carboxylic acids is 2. The number of hydrogen-bond acceptors (Lipinski definition) is 4. The van der Waals surface area contributed by atoms with Crippen LogP contribution in [-0.2, 0) is 11.0 Å². The maximum absolute atomic E-state index is 14.4. The number of para-hydroxylation sites is 2. The first kappa shape index (κ1) is 27.4. The lowest BCUT2D eigenvalue weighted by atomic mass is 9.96. The highest BCUT2D eigenvalue weighted by Gasteiger charge is 2.41. The summed E-state index contributed by atoms with van der Waals surface area (Å²) >= 11 is 0. The van der Waals surface area contributed by atoms with E-state index in [2.05, 4.69) is 0 Å². The predicted octanol–water partition coefficient (Wildman–Crippen LogP) is 6.25. The van der Waals surface area contributed by atoms with Gasteiger partial charge in [-0.3, -0.25) is 14.5 Å². The first-order valence-electron chi connectivity index (χ1n) is 13.5. The van der Waals surface area contributed by atoms with E-state index in [-0.39, 0.29) is 24.1 Å². The monoisotopic (exact) mass is 575 g/mol. The number of benzene rings is 3. The fourth-order valence-electron chi connectivity index (χ4n) is 5.55. The van der Waals surface area contributed by atoms with Crippen molar-refractivity contribution < 1.29 is 32.2 Å². The molecular weight excluding hydrogens is 547 g/mol. The van der Waals surface area contributed by atoms with E-state index in [1.165, 1.54) is 4.90 Å². The van der Waals surface area contributed by atoms with E-state index in [0.717, 1.165) is 35.6 Å². The maximum atomic E-state index is 14.4. The number of aromatic nitrogens is 1. The molecule has 0 spiro atoms. The minimum atomic E-state index is -4.51. The van der Waals surface area contributed by atoms with Gasteiger partial charge in [0.15, 0.2) is 0 Å². The van der Waals surface area contributed by atoms with Crippen LogP contribution in [0.5, 0.6) is 11.5 Å². The zero-order valence-corrected chi connectivity index (χ0v) is 23.0. The summed E-state index contributed by atoms with van der Waals surface area (Å²) in [6, 6.07) is 20.1. The van der Waals surface area contributed by atoms with E-state index in [4.69, 9.17) is 9.47 Å². The number of anilines is 1. The van der Waals surface area contributed by atoms with Crippen molar-refractivity contribution in [2.24, 2.45) is 0 Å². The number of amides is 2. The molecule has 1 aromatic heterocycles. The van der Waals surface area contributed by atoms with Gasteiger partial charge in [0.05, 0.1) is 36.9 Å². The Morgan fingerprint density at radius 3 is 2.26 bits per heavy atom. The third kappa shape index (κ3) is 4.87. The highest BCUT2D eigenvalue weighted by Crippen LogP contribution is 2.46. The summed E-state index contributed by atoms with van der Waals surface area (Å²) in [6.45, 7) is -0.248. The predicted molar refractivity (Wildman–Crippen MR) is 150 cm³/mol. The molecule has 1 fully saturated rings. The van der Waals surface area contributed by atoms with Crippen LogP contribution < -0.4 is 14.4 Å². The van der Waals surface area contributed by atoms with Gasteiger partial charge in [0.25, 0.3) is 5.91 Å². The van der Waals surface area contributed by atoms with Crippen molar-refractivity contribution >= 4 is 17.5 Å². The van der Waals surface area contributed by atoms with Crippen LogP contribution in [-0.4, -0.2) is 48.1 Å². The minimum absolute atomic E-state index is 0.0987. The van der Waals surface area contributed by atoms with Crippen LogP contribution in [0.15, 0.2) is 85.1 Å². The van der Waals surface area contributed by atoms with Crippen LogP contribution in [0.3, 0.4) is 0 Å². The van der Waals surface area contributed by atoms with E-state index in [1.807, 2.05) is 53.2 Å². The van der Waals surface area contributed by atoms with Crippen LogP contribution in [0.25, 0.3) is 5.69 Å². The lowest BCUT2D eigenvalue weighted by Gasteiger charge is -2.40. The molecule has 4 aromatic rings. The Kier molecular flexibility index (Phi) is 6.92. The molecule has 1 saturated carbocycles. The van der Waals surface area contributed by atoms with E-state index < -0.39 is 23.7 Å². The molecule has 2 heterocycles. The van der Waals surface area contributed by atoms with Crippen LogP contribution in [0.2, 0.25) is 0 Å². The highest BCUT2D eigenvalue weighted by molar-refractivity contribution is 6.03. The Morgan fingerprint density at radius 1 is 0.905 bits per heavy atom. The smallest absolute Gasteiger partial charge is 0.416 e. The van der Waals surface area contributed by atoms with Crippen LogP contribution in [0.1, 0.15) is 46.1 Å². The maximum Gasteiger partial charge on any atom is 0.416 e. The van der Waals surface area contributed by atoms with Crippen LogP contribution in [0.4, 0.5) is 18.9 Å². The number of halogens is 3. The largest absolute Gasteiger partial charge is 0.497 e. The third-order valence-corrected chi connectivity index (χ3v) is 7.73. The molecule has 1 aliphatic heterocycles. The number of carbonyl (C=O) groups is 2. The molecule has 0 N–H and O–H groups in total. The van der Waals surface area contributed by atoms with Gasteiger partial charge in [0.1, 0.15) is 24.1 Å². The van der Waals surface area contributed by atoms with Crippen LogP contribution in [0, 0.1) is 0 Å². The van der Waals surface area contributed by atoms with E-state index >= 15 is 0 Å². The van der Waals surface area contributed by atoms with E-state index in [0.29, 0.717) is 35.6 Å². The second-order valence-corrected chi connectivity index (χ2v) is 10.3. The number of methoxy groups -OCH3 is 2. The van der Waals surface area contributed by atoms with Crippen molar-refractivity contribution in [2.45, 2.75) is 31.1 Å². The Hall–Kier alpha value is -4.73. The zero-order valence-electron chi connectivity index (χ0n) is 23.0. The first-order chi connectivity index (χ1) is 20.2. The van der Waals surface area contributed by atoms with Crippen molar-refractivity contribution in [3.8, 4) is 17.2 Å². The molecule has 7 nitrogen and oxygen atoms in total. The van der Waals surface area contributed by atoms with Gasteiger partial charge in [-0.2, -0.15) is 13.2 Å². The molecule has 216 valence electrons. The second kappa shape index (κ2) is 10.6. The van der Waals surface area contributed by atoms with Crippen molar-refractivity contribution in [2.75, 3.05) is 25.7 Å². The van der Waals surface area contributed by atoms with Gasteiger partial charge in [-0.1, -0.05) is 12.1 Å². The van der Waals surface area contributed by atoms with E-state index in [1.54, 1.807) is 31.3 Å². The number of nitrogens with zero attached hydrogens (tertiary/aromatic N) is 3. The average molecular weight is 576 g/mol. The SMILES string of the molecule is COc1ccc(OC)c(C2c3cccn3-c3ccccc3N2C(=O)CN(C(=O)c2ccc(C(F)(F)F)cc2)C2CC2)c1. The quantitative estimate of drug-likeness (QED) is 0.261. The molecule has 2 amide bonds. The van der Waals surface area contributed by atoms with Crippen molar-refractivity contribution in [3.63, 3.8) is 0 Å². The molecule has 3 aromatic carbocycles. The summed E-state index contributed by atoms with van der Waals surface area (Å²) in [5.74, 6) is 0.332. The van der Waals surface area contributed by atoms with Gasteiger partial charge < -0.3 is 18.9 Å². The molecule has 0 radical (unpaired) electrons. The molecule has 0 bridgehead atoms. The summed E-state index contributed by atoms with van der Waals surface area (Å²) in [5.41, 5.74) is 2.24. The summed E-state index contributed by atoms with van der Waals surface area (Å²) in [4.78, 5) is 31.1. The Balaban J connectivity index is 1.41. The van der Waals surface area contributed by atoms with Crippen molar-refractivity contribution in [1.82, 2.24) is 9.47 Å². The van der Waals surface area contributed by atoms with Gasteiger partial charge in [-0.05, 0) is 79.6 Å². The van der Waals surface area contributed by atoms with Gasteiger partial charge in [-0.25, -0.2) is 0 Å². The van der Waals surface area contributed by atoms with Gasteiger partial charge in [0.2, 0.25) is 5.91 Å². The number of ether oxygens (including phenoxy) is 2. The fraction of sp³-hybridized carbons (Fsp3) is 0.250. The molecule has 2 aliphatic rings. The topological polar surface area (TPSA) is 64.0 Å². The fourth-order valence-corrected chi connectivity index (χ4v) is 5.55. The number of rotatable bonds is 7. The molecule has 1 aliphatic carbocycles. The van der Waals surface area contributed by atoms with Gasteiger partial charge in [-0.15, -0.1) is 0 Å². The van der Waals surface area contributed by atoms with Gasteiger partial charge in [0, 0.05) is 23.4 Å². The highest BCUT2D eigenvalue weighted by atomic mass is 19.4. The minimum Gasteiger partial charge on any atom is -0.497 e. The number of alkyl halides is 3. The molecule has 42 heavy (non-hydrogen) atoms. The molecule has 10 heteroatoms. The summed E-state index contributed by atoms with van der Waals surface area (Å²) in [5, 5.41) is 0. The second-order valence-electron chi connectivity index (χ2n) is 10.3. The Labute approximate surface area is 240 Å². The molecule has 1 unspecified atom stereocenters. The third-order valence-electron chi connectivity index (χ3n) is 7.73.